The highest BCUT2D eigenvalue weighted by molar-refractivity contribution is 9.10. The second-order valence-corrected chi connectivity index (χ2v) is 4.55. The van der Waals surface area contributed by atoms with Crippen LogP contribution in [0.1, 0.15) is 10.4 Å². The van der Waals surface area contributed by atoms with Crippen molar-refractivity contribution in [2.75, 3.05) is 12.4 Å². The number of aromatic nitrogens is 1. The van der Waals surface area contributed by atoms with Gasteiger partial charge >= 0.3 is 0 Å². The predicted octanol–water partition coefficient (Wildman–Crippen LogP) is 3.09. The largest absolute Gasteiger partial charge is 0.355 e. The molecule has 0 unspecified atom stereocenters. The number of nitrogens with zero attached hydrogens (tertiary/aromatic N) is 1. The van der Waals surface area contributed by atoms with Crippen LogP contribution in [-0.4, -0.2) is 17.9 Å². The van der Waals surface area contributed by atoms with Crippen molar-refractivity contribution in [1.82, 2.24) is 10.3 Å². The van der Waals surface area contributed by atoms with E-state index in [0.717, 1.165) is 6.20 Å². The summed E-state index contributed by atoms with van der Waals surface area (Å²) in [5, 5.41) is 5.43. The molecule has 4 nitrogen and oxygen atoms in total. The summed E-state index contributed by atoms with van der Waals surface area (Å²) in [7, 11) is 1.54. The molecule has 1 amide bonds. The lowest BCUT2D eigenvalue weighted by molar-refractivity contribution is 0.0964. The summed E-state index contributed by atoms with van der Waals surface area (Å²) in [5.74, 6) is -0.730. The Hall–Kier alpha value is -1.95. The maximum Gasteiger partial charge on any atom is 0.253 e. The van der Waals surface area contributed by atoms with E-state index in [1.54, 1.807) is 31.3 Å². The van der Waals surface area contributed by atoms with E-state index in [1.165, 1.54) is 6.07 Å². The van der Waals surface area contributed by atoms with Crippen LogP contribution in [0.5, 0.6) is 0 Å². The topological polar surface area (TPSA) is 54.0 Å². The van der Waals surface area contributed by atoms with Gasteiger partial charge in [-0.2, -0.15) is 0 Å². The lowest BCUT2D eigenvalue weighted by Crippen LogP contribution is -2.19. The van der Waals surface area contributed by atoms with Gasteiger partial charge < -0.3 is 10.6 Å². The third-order valence-electron chi connectivity index (χ3n) is 2.49. The minimum atomic E-state index is -0.491. The molecule has 1 aromatic heterocycles. The average molecular weight is 324 g/mol. The molecule has 0 aliphatic carbocycles. The van der Waals surface area contributed by atoms with Crippen LogP contribution in [0.3, 0.4) is 0 Å². The summed E-state index contributed by atoms with van der Waals surface area (Å²) in [6.07, 6.45) is 1.11. The number of para-hydroxylation sites is 1. The summed E-state index contributed by atoms with van der Waals surface area (Å²) >= 11 is 3.17. The van der Waals surface area contributed by atoms with E-state index < -0.39 is 5.82 Å². The van der Waals surface area contributed by atoms with Crippen LogP contribution in [0.25, 0.3) is 0 Å². The average Bonchev–Trinajstić information content (AvgIpc) is 2.42. The van der Waals surface area contributed by atoms with Gasteiger partial charge in [-0.05, 0) is 34.1 Å². The first-order chi connectivity index (χ1) is 9.11. The molecule has 6 heteroatoms. The molecular weight excluding hydrogens is 313 g/mol. The maximum absolute atomic E-state index is 13.6. The Kier molecular flexibility index (Phi) is 4.11. The number of nitrogens with one attached hydrogen (secondary N) is 2. The summed E-state index contributed by atoms with van der Waals surface area (Å²) in [6, 6.07) is 8.39. The highest BCUT2D eigenvalue weighted by atomic mass is 79.9. The zero-order valence-corrected chi connectivity index (χ0v) is 11.7. The van der Waals surface area contributed by atoms with E-state index in [1.807, 2.05) is 0 Å². The number of hydrogen-bond donors (Lipinski definition) is 2. The zero-order valence-electron chi connectivity index (χ0n) is 10.1. The van der Waals surface area contributed by atoms with Crippen LogP contribution in [0.2, 0.25) is 0 Å². The SMILES string of the molecule is CNC(=O)c1ccccc1Nc1cc(Br)ncc1F. The Bertz CT molecular complexity index is 619. The van der Waals surface area contributed by atoms with E-state index in [-0.39, 0.29) is 11.6 Å². The molecule has 0 aliphatic heterocycles. The molecule has 0 bridgehead atoms. The lowest BCUT2D eigenvalue weighted by atomic mass is 10.1. The number of benzene rings is 1. The number of anilines is 2. The summed E-state index contributed by atoms with van der Waals surface area (Å²) in [4.78, 5) is 15.5. The molecular formula is C13H11BrFN3O. The third kappa shape index (κ3) is 3.08. The molecule has 0 saturated carbocycles. The Balaban J connectivity index is 2.38. The van der Waals surface area contributed by atoms with Crippen molar-refractivity contribution in [3.8, 4) is 0 Å². The molecule has 0 radical (unpaired) electrons. The highest BCUT2D eigenvalue weighted by Crippen LogP contribution is 2.24. The van der Waals surface area contributed by atoms with E-state index >= 15 is 0 Å². The minimum Gasteiger partial charge on any atom is -0.355 e. The second-order valence-electron chi connectivity index (χ2n) is 3.74. The predicted molar refractivity (Wildman–Crippen MR) is 75.0 cm³/mol. The number of rotatable bonds is 3. The van der Waals surface area contributed by atoms with Crippen molar-refractivity contribution in [1.29, 1.82) is 0 Å². The zero-order chi connectivity index (χ0) is 13.8. The number of halogens is 2. The van der Waals surface area contributed by atoms with Crippen molar-refractivity contribution in [3.63, 3.8) is 0 Å². The minimum absolute atomic E-state index is 0.239. The molecule has 98 valence electrons. The van der Waals surface area contributed by atoms with E-state index in [9.17, 15) is 9.18 Å². The van der Waals surface area contributed by atoms with Gasteiger partial charge in [0.25, 0.3) is 5.91 Å². The molecule has 2 aromatic rings. The number of carbonyl (C=O) groups is 1. The molecule has 0 fully saturated rings. The second kappa shape index (κ2) is 5.79. The Labute approximate surface area is 118 Å². The van der Waals surface area contributed by atoms with Gasteiger partial charge in [0.15, 0.2) is 5.82 Å². The summed E-state index contributed by atoms with van der Waals surface area (Å²) in [5.41, 5.74) is 1.22. The van der Waals surface area contributed by atoms with Gasteiger partial charge in [0, 0.05) is 7.05 Å². The number of carbonyl (C=O) groups excluding carboxylic acids is 1. The molecule has 0 spiro atoms. The molecule has 0 atom stereocenters. The van der Waals surface area contributed by atoms with Crippen LogP contribution in [0, 0.1) is 5.82 Å². The van der Waals surface area contributed by atoms with Crippen molar-refractivity contribution < 1.29 is 9.18 Å². The van der Waals surface area contributed by atoms with Gasteiger partial charge in [-0.15, -0.1) is 0 Å². The first-order valence-electron chi connectivity index (χ1n) is 5.51. The third-order valence-corrected chi connectivity index (χ3v) is 2.92. The Morgan fingerprint density at radius 3 is 2.79 bits per heavy atom. The highest BCUT2D eigenvalue weighted by Gasteiger charge is 2.11. The Morgan fingerprint density at radius 2 is 2.05 bits per heavy atom. The van der Waals surface area contributed by atoms with Gasteiger partial charge in [-0.3, -0.25) is 4.79 Å². The van der Waals surface area contributed by atoms with Crippen LogP contribution < -0.4 is 10.6 Å². The smallest absolute Gasteiger partial charge is 0.253 e. The quantitative estimate of drug-likeness (QED) is 0.853. The van der Waals surface area contributed by atoms with Gasteiger partial charge in [-0.25, -0.2) is 9.37 Å². The molecule has 2 rings (SSSR count). The summed E-state index contributed by atoms with van der Waals surface area (Å²) in [6.45, 7) is 0. The van der Waals surface area contributed by atoms with Crippen molar-refractivity contribution in [2.45, 2.75) is 0 Å². The van der Waals surface area contributed by atoms with Gasteiger partial charge in [-0.1, -0.05) is 12.1 Å². The molecule has 1 aromatic carbocycles. The van der Waals surface area contributed by atoms with Crippen LogP contribution >= 0.6 is 15.9 Å². The molecule has 1 heterocycles. The maximum atomic E-state index is 13.6. The molecule has 0 aliphatic rings. The number of amides is 1. The fourth-order valence-electron chi connectivity index (χ4n) is 1.58. The first-order valence-corrected chi connectivity index (χ1v) is 6.30. The van der Waals surface area contributed by atoms with Crippen LogP contribution in [0.15, 0.2) is 41.1 Å². The standard InChI is InChI=1S/C13H11BrFN3O/c1-16-13(19)8-4-2-3-5-10(8)18-11-6-12(14)17-7-9(11)15/h2-7H,1H3,(H,16,19)(H,17,18). The fraction of sp³-hybridized carbons (Fsp3) is 0.0769. The van der Waals surface area contributed by atoms with E-state index in [4.69, 9.17) is 0 Å². The molecule has 19 heavy (non-hydrogen) atoms. The normalized spacial score (nSPS) is 10.1. The molecule has 0 saturated heterocycles. The first kappa shape index (κ1) is 13.5. The van der Waals surface area contributed by atoms with Gasteiger partial charge in [0.2, 0.25) is 0 Å². The number of pyridine rings is 1. The fourth-order valence-corrected chi connectivity index (χ4v) is 1.91. The van der Waals surface area contributed by atoms with E-state index in [2.05, 4.69) is 31.5 Å². The van der Waals surface area contributed by atoms with Crippen molar-refractivity contribution in [2.24, 2.45) is 0 Å². The van der Waals surface area contributed by atoms with Gasteiger partial charge in [0.1, 0.15) is 4.60 Å². The van der Waals surface area contributed by atoms with Crippen molar-refractivity contribution in [3.05, 3.63) is 52.5 Å². The number of hydrogen-bond acceptors (Lipinski definition) is 3. The lowest BCUT2D eigenvalue weighted by Gasteiger charge is -2.11. The monoisotopic (exact) mass is 323 g/mol. The van der Waals surface area contributed by atoms with Gasteiger partial charge in [0.05, 0.1) is 23.1 Å². The van der Waals surface area contributed by atoms with Crippen LogP contribution in [-0.2, 0) is 0 Å². The van der Waals surface area contributed by atoms with Crippen molar-refractivity contribution >= 4 is 33.2 Å². The Morgan fingerprint density at radius 1 is 1.32 bits per heavy atom. The summed E-state index contributed by atoms with van der Waals surface area (Å²) < 4.78 is 14.1. The molecule has 2 N–H and O–H groups in total. The van der Waals surface area contributed by atoms with E-state index in [0.29, 0.717) is 15.9 Å². The van der Waals surface area contributed by atoms with Crippen LogP contribution in [0.4, 0.5) is 15.8 Å².